The van der Waals surface area contributed by atoms with E-state index in [0.29, 0.717) is 15.9 Å². The van der Waals surface area contributed by atoms with E-state index in [2.05, 4.69) is 30.9 Å². The van der Waals surface area contributed by atoms with E-state index in [1.165, 1.54) is 13.3 Å². The number of imidazole rings is 1. The maximum absolute atomic E-state index is 10.9. The van der Waals surface area contributed by atoms with E-state index in [1.807, 2.05) is 0 Å². The molecule has 0 radical (unpaired) electrons. The molecule has 0 bridgehead atoms. The summed E-state index contributed by atoms with van der Waals surface area (Å²) in [4.78, 5) is 23.3. The van der Waals surface area contributed by atoms with Gasteiger partial charge in [0.15, 0.2) is 0 Å². The van der Waals surface area contributed by atoms with Gasteiger partial charge in [-0.2, -0.15) is 0 Å². The molecule has 4 atom stereocenters. The molecule has 0 amide bonds. The molecule has 152 valence electrons. The van der Waals surface area contributed by atoms with Crippen molar-refractivity contribution in [2.75, 3.05) is 19.1 Å². The number of rotatable bonds is 4. The molecule has 0 saturated carbocycles. The molecule has 0 aromatic carbocycles. The summed E-state index contributed by atoms with van der Waals surface area (Å²) in [6.45, 7) is 1.14. The van der Waals surface area contributed by atoms with Crippen LogP contribution in [0.1, 0.15) is 13.2 Å². The van der Waals surface area contributed by atoms with Gasteiger partial charge in [-0.3, -0.25) is 0 Å². The first kappa shape index (κ1) is 19.9. The third-order valence-corrected chi connectivity index (χ3v) is 7.06. The van der Waals surface area contributed by atoms with Gasteiger partial charge in [0.2, 0.25) is 0 Å². The monoisotopic (exact) mass is 477 g/mol. The first-order chi connectivity index (χ1) is 13.3. The van der Waals surface area contributed by atoms with Crippen LogP contribution >= 0.6 is 23.8 Å². The molecule has 2 aliphatic rings. The summed E-state index contributed by atoms with van der Waals surface area (Å²) in [6.07, 6.45) is -1.80. The van der Waals surface area contributed by atoms with E-state index >= 15 is 0 Å². The van der Waals surface area contributed by atoms with Crippen molar-refractivity contribution >= 4 is 54.3 Å². The number of hydrogen-bond acceptors (Lipinski definition) is 11. The van der Waals surface area contributed by atoms with Gasteiger partial charge in [-0.15, -0.1) is 0 Å². The van der Waals surface area contributed by atoms with Gasteiger partial charge < -0.3 is 0 Å². The van der Waals surface area contributed by atoms with Crippen molar-refractivity contribution in [3.05, 3.63) is 11.1 Å². The fourth-order valence-corrected chi connectivity index (χ4v) is 5.44. The number of hydrogen-bond donors (Lipinski definition) is 2. The Kier molecular flexibility index (Phi) is 5.29. The Hall–Kier alpha value is -1.41. The molecular formula is C13H18BBrN5O7P. The number of fused-ring (bicyclic) bond motifs is 2. The molecule has 2 fully saturated rings. The predicted molar refractivity (Wildman–Crippen MR) is 103 cm³/mol. The molecule has 4 heterocycles. The molecule has 12 nitrogen and oxygen atoms in total. The zero-order valence-electron chi connectivity index (χ0n) is 14.9. The number of carbonyl (C=O) groups excluding carboxylic acids is 1. The van der Waals surface area contributed by atoms with Gasteiger partial charge in [0.25, 0.3) is 0 Å². The standard InChI is InChI=1S/C13H18BBrN5O7P/c1-5(21)23-4-25-28(14)24-2-6-9(27-28)8(22)12(26-6)20-11-7(19-13(20)15)10(16)17-3-18-11/h3,6,8-9,12,22,28H,2,4,14H2,1H3,(H2,16,17,18)/t6-,8+,9+,12-/m1/s1. The van der Waals surface area contributed by atoms with E-state index in [9.17, 15) is 9.90 Å². The summed E-state index contributed by atoms with van der Waals surface area (Å²) in [7, 11) is -1.47. The second kappa shape index (κ2) is 7.45. The van der Waals surface area contributed by atoms with Gasteiger partial charge in [-0.25, -0.2) is 0 Å². The van der Waals surface area contributed by atoms with E-state index in [4.69, 9.17) is 28.8 Å². The number of aromatic nitrogens is 4. The molecule has 0 unspecified atom stereocenters. The van der Waals surface area contributed by atoms with Crippen molar-refractivity contribution in [1.29, 1.82) is 0 Å². The fourth-order valence-electron chi connectivity index (χ4n) is 3.15. The summed E-state index contributed by atoms with van der Waals surface area (Å²) in [5.74, 6) is -0.263. The van der Waals surface area contributed by atoms with Crippen molar-refractivity contribution in [3.63, 3.8) is 0 Å². The van der Waals surface area contributed by atoms with Crippen LogP contribution in [0.25, 0.3) is 11.2 Å². The average Bonchev–Trinajstić information content (AvgIpc) is 3.12. The summed E-state index contributed by atoms with van der Waals surface area (Å²) >= 11 is 3.35. The van der Waals surface area contributed by atoms with Gasteiger partial charge in [-0.1, -0.05) is 0 Å². The number of ether oxygens (including phenoxy) is 2. The Labute approximate surface area is 168 Å². The van der Waals surface area contributed by atoms with Gasteiger partial charge >= 0.3 is 168 Å². The Morgan fingerprint density at radius 2 is 2.36 bits per heavy atom. The SMILES string of the molecule is B[PH]1(OCOC(C)=O)OC[C@H]2O[C@@H](n3c(Br)nc4c(N)ncnc43)[C@@H](O)[C@H]2O1. The number of aliphatic hydroxyl groups is 1. The minimum absolute atomic E-state index is 0.155. The molecule has 2 aromatic heterocycles. The van der Waals surface area contributed by atoms with Crippen LogP contribution in [0.5, 0.6) is 0 Å². The number of nitrogens with two attached hydrogens (primary N) is 1. The van der Waals surface area contributed by atoms with E-state index in [0.717, 1.165) is 0 Å². The zero-order valence-corrected chi connectivity index (χ0v) is 17.5. The fraction of sp³-hybridized carbons (Fsp3) is 0.538. The number of nitrogen functional groups attached to an aromatic ring is 1. The molecule has 28 heavy (non-hydrogen) atoms. The van der Waals surface area contributed by atoms with Crippen molar-refractivity contribution in [2.45, 2.75) is 31.5 Å². The third kappa shape index (κ3) is 3.49. The second-order valence-corrected chi connectivity index (χ2v) is 9.64. The van der Waals surface area contributed by atoms with Gasteiger partial charge in [-0.05, 0) is 0 Å². The Morgan fingerprint density at radius 1 is 1.57 bits per heavy atom. The van der Waals surface area contributed by atoms with Crippen LogP contribution in [-0.2, 0) is 27.8 Å². The van der Waals surface area contributed by atoms with E-state index in [1.54, 1.807) is 12.1 Å². The number of aliphatic hydroxyl groups excluding tert-OH is 1. The first-order valence-corrected chi connectivity index (χ1v) is 11.4. The molecule has 2 aromatic rings. The van der Waals surface area contributed by atoms with E-state index < -0.39 is 38.3 Å². The average molecular weight is 478 g/mol. The van der Waals surface area contributed by atoms with Gasteiger partial charge in [0, 0.05) is 0 Å². The number of carbonyl (C=O) groups is 1. The molecular weight excluding hydrogens is 460 g/mol. The third-order valence-electron chi connectivity index (χ3n) is 4.47. The van der Waals surface area contributed by atoms with Crippen LogP contribution in [0.3, 0.4) is 0 Å². The molecule has 2 aliphatic heterocycles. The number of nitrogens with zero attached hydrogens (tertiary/aromatic N) is 4. The molecule has 2 saturated heterocycles. The minimum atomic E-state index is -3.12. The number of esters is 1. The summed E-state index contributed by atoms with van der Waals surface area (Å²) in [6, 6.07) is 0. The van der Waals surface area contributed by atoms with Crippen molar-refractivity contribution in [1.82, 2.24) is 19.5 Å². The van der Waals surface area contributed by atoms with Crippen LogP contribution in [0.2, 0.25) is 0 Å². The molecule has 15 heteroatoms. The van der Waals surface area contributed by atoms with Crippen LogP contribution < -0.4 is 5.73 Å². The predicted octanol–water partition coefficient (Wildman–Crippen LogP) is -0.575. The topological polar surface area (TPSA) is 153 Å². The molecule has 4 rings (SSSR count). The molecule has 3 N–H and O–H groups in total. The number of anilines is 1. The van der Waals surface area contributed by atoms with Gasteiger partial charge in [0.05, 0.1) is 0 Å². The van der Waals surface area contributed by atoms with Crippen LogP contribution in [-0.4, -0.2) is 69.9 Å². The Morgan fingerprint density at radius 3 is 3.11 bits per heavy atom. The normalized spacial score (nSPS) is 30.1. The molecule has 0 spiro atoms. The van der Waals surface area contributed by atoms with Crippen LogP contribution in [0.15, 0.2) is 11.1 Å². The van der Waals surface area contributed by atoms with Crippen molar-refractivity contribution < 1.29 is 32.9 Å². The second-order valence-electron chi connectivity index (χ2n) is 6.39. The zero-order chi connectivity index (χ0) is 20.1. The summed E-state index contributed by atoms with van der Waals surface area (Å²) in [5, 5.41) is 10.9. The van der Waals surface area contributed by atoms with Crippen LogP contribution in [0, 0.1) is 0 Å². The van der Waals surface area contributed by atoms with Crippen molar-refractivity contribution in [3.8, 4) is 0 Å². The maximum atomic E-state index is 10.9. The quantitative estimate of drug-likeness (QED) is 0.191. The number of halogens is 1. The van der Waals surface area contributed by atoms with E-state index in [-0.39, 0.29) is 19.2 Å². The Balaban J connectivity index is 1.56. The van der Waals surface area contributed by atoms with Gasteiger partial charge in [0.1, 0.15) is 0 Å². The first-order valence-electron chi connectivity index (χ1n) is 8.35. The molecule has 0 aliphatic carbocycles. The van der Waals surface area contributed by atoms with Crippen molar-refractivity contribution in [2.24, 2.45) is 0 Å². The Bertz CT molecular complexity index is 921. The van der Waals surface area contributed by atoms with Crippen LogP contribution in [0.4, 0.5) is 5.82 Å². The summed E-state index contributed by atoms with van der Waals surface area (Å²) in [5.41, 5.74) is 6.65. The summed E-state index contributed by atoms with van der Waals surface area (Å²) < 4.78 is 29.8.